The van der Waals surface area contributed by atoms with Gasteiger partial charge in [-0.3, -0.25) is 9.59 Å². The molecule has 7 heteroatoms. The molecule has 1 amide bonds. The summed E-state index contributed by atoms with van der Waals surface area (Å²) in [6, 6.07) is 16.2. The molecule has 140 valence electrons. The predicted molar refractivity (Wildman–Crippen MR) is 107 cm³/mol. The number of benzene rings is 3. The number of rotatable bonds is 4. The molecule has 0 unspecified atom stereocenters. The highest BCUT2D eigenvalue weighted by molar-refractivity contribution is 6.36. The molecule has 0 aromatic heterocycles. The standard InChI is InChI=1S/C21H13Cl2NO4/c22-13-6-7-17(15(10-13)20(25)14-3-1-2-4-16(14)23)24-21(26)12-5-8-18-19(9-12)28-11-27-18/h1-10H,11H2,(H,24,26). The van der Waals surface area contributed by atoms with E-state index in [1.54, 1.807) is 54.6 Å². The van der Waals surface area contributed by atoms with Gasteiger partial charge in [0.1, 0.15) is 0 Å². The monoisotopic (exact) mass is 413 g/mol. The van der Waals surface area contributed by atoms with Crippen LogP contribution in [0.3, 0.4) is 0 Å². The van der Waals surface area contributed by atoms with Crippen molar-refractivity contribution < 1.29 is 19.1 Å². The second-order valence-corrected chi connectivity index (χ2v) is 6.86. The molecule has 3 aromatic rings. The van der Waals surface area contributed by atoms with Crippen molar-refractivity contribution in [2.75, 3.05) is 12.1 Å². The number of carbonyl (C=O) groups is 2. The maximum atomic E-state index is 13.0. The van der Waals surface area contributed by atoms with E-state index >= 15 is 0 Å². The molecule has 0 bridgehead atoms. The summed E-state index contributed by atoms with van der Waals surface area (Å²) in [6.07, 6.45) is 0. The minimum absolute atomic E-state index is 0.119. The van der Waals surface area contributed by atoms with E-state index in [-0.39, 0.29) is 18.1 Å². The molecular formula is C21H13Cl2NO4. The minimum Gasteiger partial charge on any atom is -0.454 e. The molecule has 0 saturated carbocycles. The molecule has 0 saturated heterocycles. The zero-order chi connectivity index (χ0) is 19.7. The lowest BCUT2D eigenvalue weighted by Gasteiger charge is -2.12. The van der Waals surface area contributed by atoms with Crippen LogP contribution in [-0.4, -0.2) is 18.5 Å². The Kier molecular flexibility index (Phi) is 4.94. The van der Waals surface area contributed by atoms with Gasteiger partial charge in [-0.2, -0.15) is 0 Å². The van der Waals surface area contributed by atoms with Gasteiger partial charge in [0, 0.05) is 21.7 Å². The average Bonchev–Trinajstić information content (AvgIpc) is 3.17. The van der Waals surface area contributed by atoms with Crippen LogP contribution >= 0.6 is 23.2 Å². The van der Waals surface area contributed by atoms with Crippen LogP contribution in [0.1, 0.15) is 26.3 Å². The van der Waals surface area contributed by atoms with Gasteiger partial charge in [0.05, 0.1) is 10.7 Å². The van der Waals surface area contributed by atoms with Gasteiger partial charge in [0.25, 0.3) is 5.91 Å². The first-order chi connectivity index (χ1) is 13.5. The number of hydrogen-bond donors (Lipinski definition) is 1. The highest BCUT2D eigenvalue weighted by atomic mass is 35.5. The molecule has 5 nitrogen and oxygen atoms in total. The molecule has 1 heterocycles. The van der Waals surface area contributed by atoms with Gasteiger partial charge >= 0.3 is 0 Å². The Morgan fingerprint density at radius 3 is 2.46 bits per heavy atom. The number of carbonyl (C=O) groups excluding carboxylic acids is 2. The number of nitrogens with one attached hydrogen (secondary N) is 1. The lowest BCUT2D eigenvalue weighted by Crippen LogP contribution is -2.15. The second-order valence-electron chi connectivity index (χ2n) is 6.02. The Morgan fingerprint density at radius 2 is 1.64 bits per heavy atom. The summed E-state index contributed by atoms with van der Waals surface area (Å²) in [5, 5.41) is 3.45. The third kappa shape index (κ3) is 3.54. The summed E-state index contributed by atoms with van der Waals surface area (Å²) in [4.78, 5) is 25.7. The summed E-state index contributed by atoms with van der Waals surface area (Å²) in [6.45, 7) is 0.119. The van der Waals surface area contributed by atoms with Gasteiger partial charge < -0.3 is 14.8 Å². The lowest BCUT2D eigenvalue weighted by atomic mass is 10.0. The molecule has 0 atom stereocenters. The van der Waals surface area contributed by atoms with Crippen molar-refractivity contribution in [1.82, 2.24) is 0 Å². The molecule has 3 aromatic carbocycles. The van der Waals surface area contributed by atoms with Crippen molar-refractivity contribution in [3.8, 4) is 11.5 Å². The van der Waals surface area contributed by atoms with E-state index in [1.165, 1.54) is 6.07 Å². The summed E-state index contributed by atoms with van der Waals surface area (Å²) in [5.74, 6) is 0.344. The lowest BCUT2D eigenvalue weighted by molar-refractivity contribution is 0.102. The maximum Gasteiger partial charge on any atom is 0.255 e. The molecule has 0 fully saturated rings. The van der Waals surface area contributed by atoms with Crippen molar-refractivity contribution in [2.45, 2.75) is 0 Å². The molecule has 1 aliphatic rings. The summed E-state index contributed by atoms with van der Waals surface area (Å²) >= 11 is 12.2. The second kappa shape index (κ2) is 7.54. The number of anilines is 1. The van der Waals surface area contributed by atoms with Crippen molar-refractivity contribution in [3.05, 3.63) is 87.4 Å². The number of fused-ring (bicyclic) bond motifs is 1. The quantitative estimate of drug-likeness (QED) is 0.596. The molecule has 4 rings (SSSR count). The number of halogens is 2. The normalized spacial score (nSPS) is 11.9. The Balaban J connectivity index is 1.66. The number of ether oxygens (including phenoxy) is 2. The van der Waals surface area contributed by atoms with Crippen LogP contribution in [0.25, 0.3) is 0 Å². The van der Waals surface area contributed by atoms with Gasteiger partial charge in [-0.15, -0.1) is 0 Å². The SMILES string of the molecule is O=C(Nc1ccc(Cl)cc1C(=O)c1ccccc1Cl)c1ccc2c(c1)OCO2. The van der Waals surface area contributed by atoms with Gasteiger partial charge in [-0.25, -0.2) is 0 Å². The number of hydrogen-bond acceptors (Lipinski definition) is 4. The number of ketones is 1. The van der Waals surface area contributed by atoms with Gasteiger partial charge in [0.2, 0.25) is 6.79 Å². The molecule has 0 spiro atoms. The molecule has 1 N–H and O–H groups in total. The van der Waals surface area contributed by atoms with Crippen LogP contribution in [0.2, 0.25) is 10.0 Å². The highest BCUT2D eigenvalue weighted by Crippen LogP contribution is 2.33. The summed E-state index contributed by atoms with van der Waals surface area (Å²) in [7, 11) is 0. The van der Waals surface area contributed by atoms with E-state index in [1.807, 2.05) is 0 Å². The molecular weight excluding hydrogens is 401 g/mol. The molecule has 0 radical (unpaired) electrons. The summed E-state index contributed by atoms with van der Waals surface area (Å²) in [5.41, 5.74) is 1.27. The fourth-order valence-corrected chi connectivity index (χ4v) is 3.23. The third-order valence-corrected chi connectivity index (χ3v) is 4.79. The van der Waals surface area contributed by atoms with E-state index in [2.05, 4.69) is 5.32 Å². The Morgan fingerprint density at radius 1 is 0.857 bits per heavy atom. The van der Waals surface area contributed by atoms with Crippen LogP contribution in [0.4, 0.5) is 5.69 Å². The van der Waals surface area contributed by atoms with Gasteiger partial charge in [-0.1, -0.05) is 35.3 Å². The van der Waals surface area contributed by atoms with E-state index in [4.69, 9.17) is 32.7 Å². The van der Waals surface area contributed by atoms with E-state index in [0.29, 0.717) is 38.4 Å². The Hall–Kier alpha value is -3.02. The van der Waals surface area contributed by atoms with E-state index < -0.39 is 5.91 Å². The zero-order valence-electron chi connectivity index (χ0n) is 14.4. The first-order valence-corrected chi connectivity index (χ1v) is 9.08. The van der Waals surface area contributed by atoms with E-state index in [9.17, 15) is 9.59 Å². The largest absolute Gasteiger partial charge is 0.454 e. The van der Waals surface area contributed by atoms with Crippen LogP contribution in [-0.2, 0) is 0 Å². The van der Waals surface area contributed by atoms with Crippen LogP contribution < -0.4 is 14.8 Å². The smallest absolute Gasteiger partial charge is 0.255 e. The van der Waals surface area contributed by atoms with Crippen LogP contribution in [0.15, 0.2) is 60.7 Å². The van der Waals surface area contributed by atoms with Crippen LogP contribution in [0, 0.1) is 0 Å². The predicted octanol–water partition coefficient (Wildman–Crippen LogP) is 5.21. The zero-order valence-corrected chi connectivity index (χ0v) is 15.9. The van der Waals surface area contributed by atoms with Crippen molar-refractivity contribution >= 4 is 40.6 Å². The summed E-state index contributed by atoms with van der Waals surface area (Å²) < 4.78 is 10.5. The molecule has 1 aliphatic heterocycles. The third-order valence-electron chi connectivity index (χ3n) is 4.23. The van der Waals surface area contributed by atoms with Crippen molar-refractivity contribution in [3.63, 3.8) is 0 Å². The minimum atomic E-state index is -0.395. The average molecular weight is 414 g/mol. The topological polar surface area (TPSA) is 64.6 Å². The number of amides is 1. The van der Waals surface area contributed by atoms with Gasteiger partial charge in [-0.05, 0) is 48.5 Å². The molecule has 0 aliphatic carbocycles. The van der Waals surface area contributed by atoms with Crippen LogP contribution in [0.5, 0.6) is 11.5 Å². The fraction of sp³-hybridized carbons (Fsp3) is 0.0476. The van der Waals surface area contributed by atoms with Gasteiger partial charge in [0.15, 0.2) is 17.3 Å². The molecule has 28 heavy (non-hydrogen) atoms. The highest BCUT2D eigenvalue weighted by Gasteiger charge is 2.20. The first kappa shape index (κ1) is 18.3. The maximum absolute atomic E-state index is 13.0. The Bertz CT molecular complexity index is 1100. The Labute approximate surface area is 170 Å². The van der Waals surface area contributed by atoms with Crippen molar-refractivity contribution in [1.29, 1.82) is 0 Å². The fourth-order valence-electron chi connectivity index (χ4n) is 2.84. The van der Waals surface area contributed by atoms with Crippen molar-refractivity contribution in [2.24, 2.45) is 0 Å². The van der Waals surface area contributed by atoms with E-state index in [0.717, 1.165) is 0 Å². The first-order valence-electron chi connectivity index (χ1n) is 8.33.